The first-order valence-electron chi connectivity index (χ1n) is 10.0. The average Bonchev–Trinajstić information content (AvgIpc) is 3.13. The Balaban J connectivity index is 1.54. The highest BCUT2D eigenvalue weighted by atomic mass is 19.1. The lowest BCUT2D eigenvalue weighted by Crippen LogP contribution is -2.36. The van der Waals surface area contributed by atoms with Crippen LogP contribution in [0.15, 0.2) is 24.3 Å². The summed E-state index contributed by atoms with van der Waals surface area (Å²) in [6.45, 7) is 2.51. The predicted molar refractivity (Wildman–Crippen MR) is 102 cm³/mol. The molecule has 148 valence electrons. The van der Waals surface area contributed by atoms with Gasteiger partial charge in [-0.15, -0.1) is 0 Å². The number of imidazole rings is 1. The summed E-state index contributed by atoms with van der Waals surface area (Å²) in [5, 5.41) is 2.85. The molecule has 7 heteroatoms. The number of hydrogen-bond donors (Lipinski definition) is 1. The summed E-state index contributed by atoms with van der Waals surface area (Å²) < 4.78 is 14.9. The van der Waals surface area contributed by atoms with E-state index in [-0.39, 0.29) is 24.2 Å². The molecule has 4 rings (SSSR count). The number of hydrogen-bond acceptors (Lipinski definition) is 3. The van der Waals surface area contributed by atoms with E-state index in [1.54, 1.807) is 12.1 Å². The summed E-state index contributed by atoms with van der Waals surface area (Å²) in [6, 6.07) is 6.02. The van der Waals surface area contributed by atoms with Crippen LogP contribution in [0, 0.1) is 5.82 Å². The summed E-state index contributed by atoms with van der Waals surface area (Å²) in [6.07, 6.45) is 5.94. The minimum atomic E-state index is -0.307. The van der Waals surface area contributed by atoms with Gasteiger partial charge in [0.05, 0.1) is 5.69 Å². The Morgan fingerprint density at radius 1 is 1.00 bits per heavy atom. The van der Waals surface area contributed by atoms with E-state index < -0.39 is 0 Å². The van der Waals surface area contributed by atoms with Gasteiger partial charge in [0, 0.05) is 26.2 Å². The van der Waals surface area contributed by atoms with E-state index in [0.717, 1.165) is 62.9 Å². The van der Waals surface area contributed by atoms with Crippen LogP contribution in [0.5, 0.6) is 0 Å². The molecular weight excluding hydrogens is 359 g/mol. The van der Waals surface area contributed by atoms with Crippen LogP contribution in [0.2, 0.25) is 0 Å². The van der Waals surface area contributed by atoms with Gasteiger partial charge in [-0.1, -0.05) is 12.1 Å². The van der Waals surface area contributed by atoms with Crippen molar-refractivity contribution in [3.05, 3.63) is 52.9 Å². The van der Waals surface area contributed by atoms with Crippen LogP contribution in [-0.4, -0.2) is 39.4 Å². The lowest BCUT2D eigenvalue weighted by molar-refractivity contribution is 0.0717. The number of carbonyl (C=O) groups is 2. The SMILES string of the molecule is O=C(NCc1ccc(F)cc1)c1nc(C(=O)N2CCCCC2)c2n1CCCC2. The number of fused-ring (bicyclic) bond motifs is 1. The van der Waals surface area contributed by atoms with Crippen molar-refractivity contribution in [2.75, 3.05) is 13.1 Å². The first kappa shape index (κ1) is 18.7. The molecule has 28 heavy (non-hydrogen) atoms. The summed E-state index contributed by atoms with van der Waals surface area (Å²) in [5.74, 6) is -0.358. The number of rotatable bonds is 4. The molecule has 1 N–H and O–H groups in total. The van der Waals surface area contributed by atoms with Gasteiger partial charge in [0.15, 0.2) is 5.82 Å². The second-order valence-electron chi connectivity index (χ2n) is 7.50. The summed E-state index contributed by atoms with van der Waals surface area (Å²) in [7, 11) is 0. The maximum atomic E-state index is 13.0. The summed E-state index contributed by atoms with van der Waals surface area (Å²) in [5.41, 5.74) is 2.13. The molecule has 0 saturated carbocycles. The van der Waals surface area contributed by atoms with Gasteiger partial charge in [0.1, 0.15) is 11.5 Å². The van der Waals surface area contributed by atoms with Gasteiger partial charge in [-0.05, 0) is 56.2 Å². The van der Waals surface area contributed by atoms with Gasteiger partial charge in [0.2, 0.25) is 0 Å². The monoisotopic (exact) mass is 384 g/mol. The third kappa shape index (κ3) is 3.79. The zero-order chi connectivity index (χ0) is 19.5. The fourth-order valence-corrected chi connectivity index (χ4v) is 4.00. The maximum Gasteiger partial charge on any atom is 0.287 e. The molecule has 2 aromatic rings. The minimum absolute atomic E-state index is 0.0528. The Bertz CT molecular complexity index is 869. The smallest absolute Gasteiger partial charge is 0.287 e. The van der Waals surface area contributed by atoms with Gasteiger partial charge in [0.25, 0.3) is 11.8 Å². The van der Waals surface area contributed by atoms with Crippen molar-refractivity contribution in [2.24, 2.45) is 0 Å². The van der Waals surface area contributed by atoms with Crippen molar-refractivity contribution in [1.29, 1.82) is 0 Å². The second-order valence-corrected chi connectivity index (χ2v) is 7.50. The molecule has 0 radical (unpaired) electrons. The van der Waals surface area contributed by atoms with E-state index >= 15 is 0 Å². The molecule has 2 amide bonds. The molecule has 2 aliphatic heterocycles. The maximum absolute atomic E-state index is 13.0. The normalized spacial score (nSPS) is 16.5. The molecule has 0 aliphatic carbocycles. The Kier molecular flexibility index (Phi) is 5.41. The van der Waals surface area contributed by atoms with Gasteiger partial charge in [-0.25, -0.2) is 9.37 Å². The molecule has 0 unspecified atom stereocenters. The van der Waals surface area contributed by atoms with Crippen molar-refractivity contribution in [2.45, 2.75) is 51.6 Å². The Morgan fingerprint density at radius 3 is 2.46 bits per heavy atom. The van der Waals surface area contributed by atoms with Crippen molar-refractivity contribution < 1.29 is 14.0 Å². The fourth-order valence-electron chi connectivity index (χ4n) is 4.00. The summed E-state index contributed by atoms with van der Waals surface area (Å²) >= 11 is 0. The molecule has 1 aromatic carbocycles. The van der Waals surface area contributed by atoms with Gasteiger partial charge in [-0.3, -0.25) is 9.59 Å². The molecule has 0 bridgehead atoms. The molecule has 1 fully saturated rings. The van der Waals surface area contributed by atoms with Crippen LogP contribution in [0.1, 0.15) is 64.5 Å². The lowest BCUT2D eigenvalue weighted by atomic mass is 10.1. The predicted octanol–water partition coefficient (Wildman–Crippen LogP) is 2.91. The van der Waals surface area contributed by atoms with Crippen molar-refractivity contribution >= 4 is 11.8 Å². The standard InChI is InChI=1S/C21H25FN4O2/c22-16-9-7-15(8-10-16)14-23-20(27)19-24-18(17-6-2-5-13-26(17)19)21(28)25-11-3-1-4-12-25/h7-10H,1-6,11-14H2,(H,23,27). The number of nitrogens with one attached hydrogen (secondary N) is 1. The number of halogens is 1. The Morgan fingerprint density at radius 2 is 1.71 bits per heavy atom. The van der Waals surface area contributed by atoms with Crippen molar-refractivity contribution in [1.82, 2.24) is 19.8 Å². The average molecular weight is 384 g/mol. The second kappa shape index (κ2) is 8.12. The minimum Gasteiger partial charge on any atom is -0.345 e. The highest BCUT2D eigenvalue weighted by Crippen LogP contribution is 2.23. The van der Waals surface area contributed by atoms with Crippen LogP contribution in [0.4, 0.5) is 4.39 Å². The van der Waals surface area contributed by atoms with E-state index in [0.29, 0.717) is 18.1 Å². The number of benzene rings is 1. The highest BCUT2D eigenvalue weighted by Gasteiger charge is 2.30. The zero-order valence-corrected chi connectivity index (χ0v) is 15.9. The van der Waals surface area contributed by atoms with Crippen LogP contribution in [0.25, 0.3) is 0 Å². The Hall–Kier alpha value is -2.70. The number of carbonyl (C=O) groups excluding carboxylic acids is 2. The van der Waals surface area contributed by atoms with E-state index in [4.69, 9.17) is 0 Å². The van der Waals surface area contributed by atoms with Crippen LogP contribution in [0.3, 0.4) is 0 Å². The summed E-state index contributed by atoms with van der Waals surface area (Å²) in [4.78, 5) is 32.1. The zero-order valence-electron chi connectivity index (χ0n) is 15.9. The lowest BCUT2D eigenvalue weighted by Gasteiger charge is -2.26. The Labute approximate surface area is 163 Å². The quantitative estimate of drug-likeness (QED) is 0.881. The number of piperidine rings is 1. The topological polar surface area (TPSA) is 67.2 Å². The largest absolute Gasteiger partial charge is 0.345 e. The van der Waals surface area contributed by atoms with Gasteiger partial charge < -0.3 is 14.8 Å². The molecular formula is C21H25FN4O2. The van der Waals surface area contributed by atoms with Gasteiger partial charge >= 0.3 is 0 Å². The molecule has 1 saturated heterocycles. The van der Waals surface area contributed by atoms with Crippen molar-refractivity contribution in [3.63, 3.8) is 0 Å². The van der Waals surface area contributed by atoms with E-state index in [9.17, 15) is 14.0 Å². The molecule has 1 aromatic heterocycles. The molecule has 0 atom stereocenters. The molecule has 0 spiro atoms. The molecule has 6 nitrogen and oxygen atoms in total. The van der Waals surface area contributed by atoms with E-state index in [1.807, 2.05) is 9.47 Å². The van der Waals surface area contributed by atoms with Gasteiger partial charge in [-0.2, -0.15) is 0 Å². The molecule has 3 heterocycles. The number of likely N-dealkylation sites (tertiary alicyclic amines) is 1. The first-order chi connectivity index (χ1) is 13.6. The first-order valence-corrected chi connectivity index (χ1v) is 10.0. The molecule has 2 aliphatic rings. The number of amides is 2. The van der Waals surface area contributed by atoms with E-state index in [1.165, 1.54) is 12.1 Å². The van der Waals surface area contributed by atoms with Crippen molar-refractivity contribution in [3.8, 4) is 0 Å². The fraction of sp³-hybridized carbons (Fsp3) is 0.476. The number of nitrogens with zero attached hydrogens (tertiary/aromatic N) is 3. The van der Waals surface area contributed by atoms with Crippen LogP contribution < -0.4 is 5.32 Å². The third-order valence-corrected chi connectivity index (χ3v) is 5.53. The van der Waals surface area contributed by atoms with E-state index in [2.05, 4.69) is 10.3 Å². The highest BCUT2D eigenvalue weighted by molar-refractivity contribution is 5.97. The number of aromatic nitrogens is 2. The van der Waals surface area contributed by atoms with Crippen LogP contribution in [-0.2, 0) is 19.5 Å². The third-order valence-electron chi connectivity index (χ3n) is 5.53. The van der Waals surface area contributed by atoms with Crippen LogP contribution >= 0.6 is 0 Å².